The van der Waals surface area contributed by atoms with E-state index >= 15 is 0 Å². The van der Waals surface area contributed by atoms with E-state index in [9.17, 15) is 19.7 Å². The van der Waals surface area contributed by atoms with E-state index in [1.54, 1.807) is 24.3 Å². The number of ether oxygens (including phenoxy) is 2. The van der Waals surface area contributed by atoms with Crippen LogP contribution in [0.15, 0.2) is 78.9 Å². The zero-order valence-electron chi connectivity index (χ0n) is 18.5. The van der Waals surface area contributed by atoms with Crippen molar-refractivity contribution in [3.63, 3.8) is 0 Å². The molecule has 0 aliphatic carbocycles. The SMILES string of the molecule is COc1ccc([C@H]2C[C@@](OC(=O)c3ccc([N+](=O)[O-])cc3)(C(C)=O)ON2c2ccccc2)cc1. The summed E-state index contributed by atoms with van der Waals surface area (Å²) in [4.78, 5) is 42.1. The van der Waals surface area contributed by atoms with Gasteiger partial charge in [0.2, 0.25) is 5.78 Å². The summed E-state index contributed by atoms with van der Waals surface area (Å²) >= 11 is 0. The molecule has 34 heavy (non-hydrogen) atoms. The van der Waals surface area contributed by atoms with Crippen LogP contribution in [0.25, 0.3) is 0 Å². The number of ketones is 1. The van der Waals surface area contributed by atoms with E-state index in [-0.39, 0.29) is 17.7 Å². The molecule has 4 rings (SSSR count). The third-order valence-corrected chi connectivity index (χ3v) is 5.61. The van der Waals surface area contributed by atoms with Crippen LogP contribution in [-0.2, 0) is 14.4 Å². The van der Waals surface area contributed by atoms with Crippen LogP contribution in [0.3, 0.4) is 0 Å². The fourth-order valence-electron chi connectivity index (χ4n) is 3.75. The van der Waals surface area contributed by atoms with Gasteiger partial charge < -0.3 is 9.47 Å². The fraction of sp³-hybridized carbons (Fsp3) is 0.200. The van der Waals surface area contributed by atoms with Crippen molar-refractivity contribution in [2.45, 2.75) is 25.2 Å². The molecule has 1 aliphatic heterocycles. The molecule has 3 aromatic carbocycles. The molecule has 0 saturated carbocycles. The molecule has 0 bridgehead atoms. The lowest BCUT2D eigenvalue weighted by molar-refractivity contribution is -0.384. The first-order valence-corrected chi connectivity index (χ1v) is 10.5. The van der Waals surface area contributed by atoms with E-state index < -0.39 is 28.5 Å². The number of carbonyl (C=O) groups is 2. The molecule has 1 saturated heterocycles. The van der Waals surface area contributed by atoms with Crippen LogP contribution >= 0.6 is 0 Å². The molecule has 0 aromatic heterocycles. The Bertz CT molecular complexity index is 1200. The van der Waals surface area contributed by atoms with E-state index in [2.05, 4.69) is 0 Å². The van der Waals surface area contributed by atoms with Gasteiger partial charge in [-0.3, -0.25) is 14.9 Å². The van der Waals surface area contributed by atoms with Crippen LogP contribution < -0.4 is 9.80 Å². The van der Waals surface area contributed by atoms with Gasteiger partial charge in [-0.2, -0.15) is 0 Å². The Morgan fingerprint density at radius 3 is 2.24 bits per heavy atom. The lowest BCUT2D eigenvalue weighted by Gasteiger charge is -2.27. The van der Waals surface area contributed by atoms with E-state index in [0.717, 1.165) is 5.56 Å². The molecular formula is C25H22N2O7. The topological polar surface area (TPSA) is 108 Å². The normalized spacial score (nSPS) is 19.5. The Morgan fingerprint density at radius 2 is 1.68 bits per heavy atom. The van der Waals surface area contributed by atoms with Gasteiger partial charge in [-0.1, -0.05) is 30.3 Å². The second-order valence-corrected chi connectivity index (χ2v) is 7.75. The lowest BCUT2D eigenvalue weighted by atomic mass is 9.97. The summed E-state index contributed by atoms with van der Waals surface area (Å²) < 4.78 is 10.9. The zero-order valence-corrected chi connectivity index (χ0v) is 18.5. The summed E-state index contributed by atoms with van der Waals surface area (Å²) in [6, 6.07) is 21.0. The summed E-state index contributed by atoms with van der Waals surface area (Å²) in [5.41, 5.74) is 1.41. The average Bonchev–Trinajstić information content (AvgIpc) is 3.25. The number of hydrogen-bond acceptors (Lipinski definition) is 8. The summed E-state index contributed by atoms with van der Waals surface area (Å²) in [5, 5.41) is 12.5. The first kappa shape index (κ1) is 22.9. The molecule has 0 spiro atoms. The monoisotopic (exact) mass is 462 g/mol. The number of nitrogens with zero attached hydrogens (tertiary/aromatic N) is 2. The molecule has 9 nitrogen and oxygen atoms in total. The first-order chi connectivity index (χ1) is 16.3. The number of Topliss-reactive ketones (excluding diaryl/α,β-unsaturated/α-hetero) is 1. The van der Waals surface area contributed by atoms with Gasteiger partial charge in [0.1, 0.15) is 5.75 Å². The summed E-state index contributed by atoms with van der Waals surface area (Å²) in [6.45, 7) is 1.29. The molecule has 1 fully saturated rings. The zero-order chi connectivity index (χ0) is 24.3. The van der Waals surface area contributed by atoms with Crippen molar-refractivity contribution in [1.29, 1.82) is 0 Å². The maximum Gasteiger partial charge on any atom is 0.341 e. The van der Waals surface area contributed by atoms with Crippen molar-refractivity contribution >= 4 is 23.1 Å². The third-order valence-electron chi connectivity index (χ3n) is 5.61. The van der Waals surface area contributed by atoms with Crippen molar-refractivity contribution < 1.29 is 28.8 Å². The van der Waals surface area contributed by atoms with Crippen LogP contribution in [0.2, 0.25) is 0 Å². The molecule has 9 heteroatoms. The maximum atomic E-state index is 12.9. The number of benzene rings is 3. The average molecular weight is 462 g/mol. The van der Waals surface area contributed by atoms with Gasteiger partial charge in [-0.05, 0) is 42.0 Å². The molecule has 174 valence electrons. The number of methoxy groups -OCH3 is 1. The van der Waals surface area contributed by atoms with Crippen LogP contribution in [0.5, 0.6) is 5.75 Å². The van der Waals surface area contributed by atoms with E-state index in [1.165, 1.54) is 31.2 Å². The van der Waals surface area contributed by atoms with Crippen LogP contribution in [0.1, 0.15) is 35.3 Å². The number of hydroxylamine groups is 1. The van der Waals surface area contributed by atoms with Crippen molar-refractivity contribution in [1.82, 2.24) is 0 Å². The molecule has 1 aliphatic rings. The Balaban J connectivity index is 1.68. The van der Waals surface area contributed by atoms with Crippen molar-refractivity contribution in [3.8, 4) is 5.75 Å². The van der Waals surface area contributed by atoms with Crippen molar-refractivity contribution in [2.75, 3.05) is 12.2 Å². The van der Waals surface area contributed by atoms with Gasteiger partial charge in [-0.25, -0.2) is 14.7 Å². The largest absolute Gasteiger partial charge is 0.497 e. The molecule has 0 amide bonds. The van der Waals surface area contributed by atoms with Crippen LogP contribution in [0, 0.1) is 10.1 Å². The summed E-state index contributed by atoms with van der Waals surface area (Å²) in [5.74, 6) is -2.51. The van der Waals surface area contributed by atoms with Crippen LogP contribution in [0.4, 0.5) is 11.4 Å². The third kappa shape index (κ3) is 4.46. The van der Waals surface area contributed by atoms with Gasteiger partial charge in [0, 0.05) is 19.1 Å². The standard InChI is InChI=1S/C25H22N2O7/c1-17(28)25(33-24(29)19-8-12-21(13-9-19)27(30)31)16-23(18-10-14-22(32-2)15-11-18)26(34-25)20-6-4-3-5-7-20/h3-15,23H,16H2,1-2H3/t23-,25+/m1/s1. The fourth-order valence-corrected chi connectivity index (χ4v) is 3.75. The molecule has 0 unspecified atom stereocenters. The Labute approximate surface area is 195 Å². The highest BCUT2D eigenvalue weighted by molar-refractivity contribution is 5.94. The van der Waals surface area contributed by atoms with Crippen LogP contribution in [-0.4, -0.2) is 29.6 Å². The Hall–Kier alpha value is -4.24. The number of para-hydroxylation sites is 1. The minimum absolute atomic E-state index is 0.0439. The summed E-state index contributed by atoms with van der Waals surface area (Å²) in [7, 11) is 1.57. The molecule has 3 aromatic rings. The predicted octanol–water partition coefficient (Wildman–Crippen LogP) is 4.63. The number of esters is 1. The first-order valence-electron chi connectivity index (χ1n) is 10.5. The van der Waals surface area contributed by atoms with E-state index in [4.69, 9.17) is 14.3 Å². The Morgan fingerprint density at radius 1 is 1.03 bits per heavy atom. The Kier molecular flexibility index (Phi) is 6.29. The number of carbonyl (C=O) groups excluding carboxylic acids is 2. The quantitative estimate of drug-likeness (QED) is 0.284. The minimum Gasteiger partial charge on any atom is -0.497 e. The second-order valence-electron chi connectivity index (χ2n) is 7.75. The van der Waals surface area contributed by atoms with Gasteiger partial charge in [-0.15, -0.1) is 0 Å². The van der Waals surface area contributed by atoms with E-state index in [0.29, 0.717) is 11.4 Å². The smallest absolute Gasteiger partial charge is 0.341 e. The molecule has 0 N–H and O–H groups in total. The molecule has 0 radical (unpaired) electrons. The maximum absolute atomic E-state index is 12.9. The predicted molar refractivity (Wildman–Crippen MR) is 122 cm³/mol. The van der Waals surface area contributed by atoms with Crippen molar-refractivity contribution in [3.05, 3.63) is 100 Å². The number of nitro benzene ring substituents is 1. The molecular weight excluding hydrogens is 440 g/mol. The minimum atomic E-state index is -1.88. The number of nitro groups is 1. The highest BCUT2D eigenvalue weighted by Crippen LogP contribution is 2.45. The van der Waals surface area contributed by atoms with Crippen molar-refractivity contribution in [2.24, 2.45) is 0 Å². The number of rotatable bonds is 7. The van der Waals surface area contributed by atoms with Gasteiger partial charge in [0.05, 0.1) is 35.7 Å². The number of non-ortho nitro benzene ring substituents is 1. The number of hydrogen-bond donors (Lipinski definition) is 0. The lowest BCUT2D eigenvalue weighted by Crippen LogP contribution is -2.43. The van der Waals surface area contributed by atoms with Gasteiger partial charge in [0.25, 0.3) is 11.5 Å². The number of anilines is 1. The highest BCUT2D eigenvalue weighted by atomic mass is 16.8. The summed E-state index contributed by atoms with van der Waals surface area (Å²) in [6.07, 6.45) is 0.0439. The van der Waals surface area contributed by atoms with Gasteiger partial charge in [0.15, 0.2) is 0 Å². The second kappa shape index (κ2) is 9.32. The molecule has 1 heterocycles. The molecule has 2 atom stereocenters. The van der Waals surface area contributed by atoms with Gasteiger partial charge >= 0.3 is 5.97 Å². The highest BCUT2D eigenvalue weighted by Gasteiger charge is 2.53. The van der Waals surface area contributed by atoms with E-state index in [1.807, 2.05) is 42.5 Å².